The first-order chi connectivity index (χ1) is 12.9. The van der Waals surface area contributed by atoms with E-state index in [1.807, 2.05) is 39.8 Å². The number of sulfonamides is 1. The lowest BCUT2D eigenvalue weighted by atomic mass is 10.1. The summed E-state index contributed by atoms with van der Waals surface area (Å²) in [5.41, 5.74) is 1.74. The number of amides is 1. The molecular formula is C19H26N4O3S. The predicted octanol–water partition coefficient (Wildman–Crippen LogP) is 1.65. The number of hydrogen-bond acceptors (Lipinski definition) is 4. The molecule has 0 saturated carbocycles. The topological polar surface area (TPSA) is 65.3 Å². The number of aromatic nitrogens is 1. The van der Waals surface area contributed by atoms with E-state index < -0.39 is 10.0 Å². The van der Waals surface area contributed by atoms with E-state index in [0.29, 0.717) is 31.7 Å². The molecule has 2 aliphatic rings. The molecule has 27 heavy (non-hydrogen) atoms. The number of anilines is 1. The molecule has 4 heterocycles. The summed E-state index contributed by atoms with van der Waals surface area (Å²) in [5, 5.41) is 0. The van der Waals surface area contributed by atoms with Crippen molar-refractivity contribution < 1.29 is 13.2 Å². The van der Waals surface area contributed by atoms with Crippen molar-refractivity contribution in [2.75, 3.05) is 50.4 Å². The van der Waals surface area contributed by atoms with Gasteiger partial charge in [0.1, 0.15) is 5.82 Å². The van der Waals surface area contributed by atoms with Gasteiger partial charge in [-0.2, -0.15) is 4.31 Å². The van der Waals surface area contributed by atoms with E-state index in [2.05, 4.69) is 4.90 Å². The van der Waals surface area contributed by atoms with Crippen molar-refractivity contribution >= 4 is 27.3 Å². The summed E-state index contributed by atoms with van der Waals surface area (Å²) < 4.78 is 27.0. The summed E-state index contributed by atoms with van der Waals surface area (Å²) in [7, 11) is -3.14. The van der Waals surface area contributed by atoms with Gasteiger partial charge < -0.3 is 14.2 Å². The van der Waals surface area contributed by atoms with E-state index in [4.69, 9.17) is 0 Å². The van der Waals surface area contributed by atoms with Gasteiger partial charge in [0.2, 0.25) is 10.0 Å². The van der Waals surface area contributed by atoms with Crippen LogP contribution in [0.5, 0.6) is 0 Å². The number of carbonyl (C=O) groups is 1. The second-order valence-corrected chi connectivity index (χ2v) is 9.39. The fourth-order valence-corrected chi connectivity index (χ4v) is 4.83. The van der Waals surface area contributed by atoms with Crippen LogP contribution in [0.2, 0.25) is 0 Å². The van der Waals surface area contributed by atoms with Gasteiger partial charge in [-0.25, -0.2) is 8.42 Å². The Balaban J connectivity index is 1.57. The van der Waals surface area contributed by atoms with Gasteiger partial charge in [0, 0.05) is 51.0 Å². The van der Waals surface area contributed by atoms with Gasteiger partial charge in [-0.05, 0) is 43.5 Å². The Bertz CT molecular complexity index is 939. The fourth-order valence-electron chi connectivity index (χ4n) is 4.00. The highest BCUT2D eigenvalue weighted by molar-refractivity contribution is 7.88. The lowest BCUT2D eigenvalue weighted by Gasteiger charge is -2.34. The molecule has 2 saturated heterocycles. The van der Waals surface area contributed by atoms with Crippen LogP contribution < -0.4 is 4.90 Å². The molecule has 146 valence electrons. The van der Waals surface area contributed by atoms with Crippen LogP contribution in [-0.4, -0.2) is 73.5 Å². The van der Waals surface area contributed by atoms with Gasteiger partial charge in [-0.1, -0.05) is 0 Å². The van der Waals surface area contributed by atoms with Crippen molar-refractivity contribution in [3.63, 3.8) is 0 Å². The number of pyridine rings is 1. The first-order valence-corrected chi connectivity index (χ1v) is 11.4. The zero-order valence-corrected chi connectivity index (χ0v) is 16.5. The third-order valence-electron chi connectivity index (χ3n) is 5.55. The minimum Gasteiger partial charge on any atom is -0.355 e. The summed E-state index contributed by atoms with van der Waals surface area (Å²) in [6, 6.07) is 7.96. The highest BCUT2D eigenvalue weighted by Crippen LogP contribution is 2.23. The number of piperazine rings is 1. The quantitative estimate of drug-likeness (QED) is 0.799. The van der Waals surface area contributed by atoms with Crippen LogP contribution in [0.3, 0.4) is 0 Å². The van der Waals surface area contributed by atoms with Gasteiger partial charge >= 0.3 is 0 Å². The summed E-state index contributed by atoms with van der Waals surface area (Å²) in [5.74, 6) is 1.10. The minimum absolute atomic E-state index is 0.0955. The summed E-state index contributed by atoms with van der Waals surface area (Å²) in [6.45, 7) is 3.93. The molecule has 0 N–H and O–H groups in total. The molecule has 1 amide bonds. The second-order valence-electron chi connectivity index (χ2n) is 7.41. The van der Waals surface area contributed by atoms with Crippen molar-refractivity contribution in [2.45, 2.75) is 19.3 Å². The van der Waals surface area contributed by atoms with Crippen LogP contribution >= 0.6 is 0 Å². The Hall–Kier alpha value is -2.06. The average molecular weight is 391 g/mol. The summed E-state index contributed by atoms with van der Waals surface area (Å²) in [6.07, 6.45) is 6.53. The molecule has 0 aliphatic carbocycles. The Morgan fingerprint density at radius 3 is 2.22 bits per heavy atom. The molecule has 0 radical (unpaired) electrons. The van der Waals surface area contributed by atoms with Crippen LogP contribution in [0.25, 0.3) is 5.52 Å². The SMILES string of the molecule is CS(=O)(=O)N1CCN(c2ccc3ccc(C(=O)N4CCCCC4)cn23)CC1. The van der Waals surface area contributed by atoms with Crippen LogP contribution in [-0.2, 0) is 10.0 Å². The zero-order chi connectivity index (χ0) is 19.0. The molecule has 2 fully saturated rings. The number of fused-ring (bicyclic) bond motifs is 1. The molecule has 0 unspecified atom stereocenters. The maximum absolute atomic E-state index is 12.8. The number of piperidine rings is 1. The summed E-state index contributed by atoms with van der Waals surface area (Å²) in [4.78, 5) is 17.0. The standard InChI is InChI=1S/C19H26N4O3S/c1-27(25,26)22-13-11-20(12-14-22)18-8-7-17-6-5-16(15-23(17)18)19(24)21-9-3-2-4-10-21/h5-8,15H,2-4,9-14H2,1H3. The van der Waals surface area contributed by atoms with Gasteiger partial charge in [0.05, 0.1) is 11.8 Å². The largest absolute Gasteiger partial charge is 0.355 e. The molecule has 2 aliphatic heterocycles. The van der Waals surface area contributed by atoms with Crippen molar-refractivity contribution in [3.8, 4) is 0 Å². The highest BCUT2D eigenvalue weighted by Gasteiger charge is 2.25. The Morgan fingerprint density at radius 1 is 0.889 bits per heavy atom. The Morgan fingerprint density at radius 2 is 1.56 bits per heavy atom. The van der Waals surface area contributed by atoms with Crippen LogP contribution in [0, 0.1) is 0 Å². The van der Waals surface area contributed by atoms with Crippen LogP contribution in [0.1, 0.15) is 29.6 Å². The van der Waals surface area contributed by atoms with Crippen LogP contribution in [0.4, 0.5) is 5.82 Å². The van der Waals surface area contributed by atoms with Crippen LogP contribution in [0.15, 0.2) is 30.5 Å². The molecule has 2 aromatic heterocycles. The van der Waals surface area contributed by atoms with Gasteiger partial charge in [-0.3, -0.25) is 4.79 Å². The lowest BCUT2D eigenvalue weighted by Crippen LogP contribution is -2.48. The monoisotopic (exact) mass is 390 g/mol. The van der Waals surface area contributed by atoms with E-state index in [9.17, 15) is 13.2 Å². The number of hydrogen-bond donors (Lipinski definition) is 0. The number of carbonyl (C=O) groups excluding carboxylic acids is 1. The molecule has 2 aromatic rings. The average Bonchev–Trinajstić information content (AvgIpc) is 3.10. The molecule has 0 bridgehead atoms. The molecular weight excluding hydrogens is 364 g/mol. The maximum Gasteiger partial charge on any atom is 0.255 e. The third-order valence-corrected chi connectivity index (χ3v) is 6.86. The van der Waals surface area contributed by atoms with Crippen molar-refractivity contribution in [3.05, 3.63) is 36.0 Å². The zero-order valence-electron chi connectivity index (χ0n) is 15.7. The summed E-state index contributed by atoms with van der Waals surface area (Å²) >= 11 is 0. The number of likely N-dealkylation sites (tertiary alicyclic amines) is 1. The molecule has 7 nitrogen and oxygen atoms in total. The van der Waals surface area contributed by atoms with E-state index in [0.717, 1.165) is 37.3 Å². The third kappa shape index (κ3) is 3.68. The number of rotatable bonds is 3. The normalized spacial score (nSPS) is 19.6. The van der Waals surface area contributed by atoms with Gasteiger partial charge in [0.25, 0.3) is 5.91 Å². The minimum atomic E-state index is -3.14. The molecule has 0 aromatic carbocycles. The van der Waals surface area contributed by atoms with E-state index in [1.165, 1.54) is 17.0 Å². The number of nitrogens with zero attached hydrogens (tertiary/aromatic N) is 4. The molecule has 4 rings (SSSR count). The predicted molar refractivity (Wildman–Crippen MR) is 106 cm³/mol. The Labute approximate surface area is 160 Å². The highest BCUT2D eigenvalue weighted by atomic mass is 32.2. The molecule has 0 spiro atoms. The van der Waals surface area contributed by atoms with Crippen molar-refractivity contribution in [1.29, 1.82) is 0 Å². The van der Waals surface area contributed by atoms with Crippen molar-refractivity contribution in [1.82, 2.24) is 13.6 Å². The smallest absolute Gasteiger partial charge is 0.255 e. The lowest BCUT2D eigenvalue weighted by molar-refractivity contribution is 0.0724. The van der Waals surface area contributed by atoms with E-state index in [1.54, 1.807) is 0 Å². The first-order valence-electron chi connectivity index (χ1n) is 9.54. The van der Waals surface area contributed by atoms with E-state index in [-0.39, 0.29) is 5.91 Å². The van der Waals surface area contributed by atoms with Crippen molar-refractivity contribution in [2.24, 2.45) is 0 Å². The van der Waals surface area contributed by atoms with E-state index >= 15 is 0 Å². The van der Waals surface area contributed by atoms with Gasteiger partial charge in [-0.15, -0.1) is 0 Å². The second kappa shape index (κ2) is 7.16. The molecule has 8 heteroatoms. The first kappa shape index (κ1) is 18.3. The Kier molecular flexibility index (Phi) is 4.86. The molecule has 0 atom stereocenters. The fraction of sp³-hybridized carbons (Fsp3) is 0.526. The maximum atomic E-state index is 12.8. The van der Waals surface area contributed by atoms with Gasteiger partial charge in [0.15, 0.2) is 0 Å².